The summed E-state index contributed by atoms with van der Waals surface area (Å²) >= 11 is 0. The molecule has 124 valence electrons. The Morgan fingerprint density at radius 1 is 1.19 bits per heavy atom. The molecule has 0 aromatic rings. The maximum atomic E-state index is 12.6. The van der Waals surface area contributed by atoms with E-state index in [0.29, 0.717) is 17.7 Å². The van der Waals surface area contributed by atoms with Crippen LogP contribution in [0.3, 0.4) is 0 Å². The van der Waals surface area contributed by atoms with Gasteiger partial charge in [0.1, 0.15) is 12.0 Å². The molecule has 0 bridgehead atoms. The van der Waals surface area contributed by atoms with Gasteiger partial charge in [0.25, 0.3) is 0 Å². The number of hydrogen-bond donors (Lipinski definition) is 2. The number of amides is 1. The summed E-state index contributed by atoms with van der Waals surface area (Å²) in [4.78, 5) is 13.3. The standard InChI is InChI=1S/C13H24F3N3O2/c1-4-7-12(8-5-2,10(17)18-21)11(20)19(6-3)9-13(14,15)16/h21H,4-9H2,1-3H3,(H2,17,18). The topological polar surface area (TPSA) is 78.9 Å². The van der Waals surface area contributed by atoms with Crippen LogP contribution in [0, 0.1) is 5.41 Å². The van der Waals surface area contributed by atoms with Crippen molar-refractivity contribution in [2.45, 2.75) is 52.6 Å². The van der Waals surface area contributed by atoms with Gasteiger partial charge in [0.05, 0.1) is 0 Å². The third kappa shape index (κ3) is 5.09. The quantitative estimate of drug-likeness (QED) is 0.313. The zero-order valence-corrected chi connectivity index (χ0v) is 12.7. The molecule has 0 aromatic heterocycles. The van der Waals surface area contributed by atoms with Crippen LogP contribution in [0.2, 0.25) is 0 Å². The van der Waals surface area contributed by atoms with Crippen molar-refractivity contribution in [1.29, 1.82) is 0 Å². The van der Waals surface area contributed by atoms with Crippen LogP contribution >= 0.6 is 0 Å². The fourth-order valence-corrected chi connectivity index (χ4v) is 2.50. The Kier molecular flexibility index (Phi) is 7.52. The van der Waals surface area contributed by atoms with Gasteiger partial charge in [-0.3, -0.25) is 4.79 Å². The number of amidine groups is 1. The Balaban J connectivity index is 5.62. The van der Waals surface area contributed by atoms with Crippen LogP contribution in [0.25, 0.3) is 0 Å². The largest absolute Gasteiger partial charge is 0.409 e. The van der Waals surface area contributed by atoms with E-state index in [9.17, 15) is 18.0 Å². The molecule has 0 saturated heterocycles. The summed E-state index contributed by atoms with van der Waals surface area (Å²) in [5.41, 5.74) is 4.28. The van der Waals surface area contributed by atoms with E-state index in [-0.39, 0.29) is 25.2 Å². The predicted octanol–water partition coefficient (Wildman–Crippen LogP) is 2.73. The first-order chi connectivity index (χ1) is 9.68. The molecule has 0 unspecified atom stereocenters. The molecule has 0 aliphatic heterocycles. The molecule has 0 aromatic carbocycles. The molecule has 1 amide bonds. The lowest BCUT2D eigenvalue weighted by molar-refractivity contribution is -0.165. The van der Waals surface area contributed by atoms with Crippen molar-refractivity contribution in [3.8, 4) is 0 Å². The maximum absolute atomic E-state index is 12.6. The normalized spacial score (nSPS) is 13.3. The minimum Gasteiger partial charge on any atom is -0.409 e. The van der Waals surface area contributed by atoms with Gasteiger partial charge in [-0.25, -0.2) is 0 Å². The monoisotopic (exact) mass is 311 g/mol. The summed E-state index contributed by atoms with van der Waals surface area (Å²) in [5, 5.41) is 11.8. The highest BCUT2D eigenvalue weighted by Crippen LogP contribution is 2.34. The van der Waals surface area contributed by atoms with Crippen LogP contribution in [-0.2, 0) is 4.79 Å². The van der Waals surface area contributed by atoms with Gasteiger partial charge < -0.3 is 15.8 Å². The van der Waals surface area contributed by atoms with Gasteiger partial charge >= 0.3 is 6.18 Å². The number of carbonyl (C=O) groups excluding carboxylic acids is 1. The SMILES string of the molecule is CCCC(CCC)(C(=O)N(CC)CC(F)(F)F)C(N)=NO. The van der Waals surface area contributed by atoms with Crippen molar-refractivity contribution in [2.24, 2.45) is 16.3 Å². The number of rotatable bonds is 8. The second kappa shape index (κ2) is 8.09. The van der Waals surface area contributed by atoms with Gasteiger partial charge in [0.2, 0.25) is 5.91 Å². The molecule has 0 spiro atoms. The lowest BCUT2D eigenvalue weighted by Crippen LogP contribution is -2.53. The number of halogens is 3. The van der Waals surface area contributed by atoms with Gasteiger partial charge in [0.15, 0.2) is 5.84 Å². The Hall–Kier alpha value is -1.47. The van der Waals surface area contributed by atoms with Crippen LogP contribution < -0.4 is 5.73 Å². The Morgan fingerprint density at radius 2 is 1.67 bits per heavy atom. The fourth-order valence-electron chi connectivity index (χ4n) is 2.50. The molecular formula is C13H24F3N3O2. The van der Waals surface area contributed by atoms with Crippen LogP contribution in [0.4, 0.5) is 13.2 Å². The van der Waals surface area contributed by atoms with E-state index in [4.69, 9.17) is 10.9 Å². The maximum Gasteiger partial charge on any atom is 0.406 e. The minimum atomic E-state index is -4.49. The van der Waals surface area contributed by atoms with Crippen molar-refractivity contribution in [2.75, 3.05) is 13.1 Å². The summed E-state index contributed by atoms with van der Waals surface area (Å²) in [6, 6.07) is 0. The zero-order valence-electron chi connectivity index (χ0n) is 12.7. The van der Waals surface area contributed by atoms with Gasteiger partial charge in [-0.05, 0) is 19.8 Å². The van der Waals surface area contributed by atoms with E-state index in [1.54, 1.807) is 13.8 Å². The number of nitrogens with zero attached hydrogens (tertiary/aromatic N) is 2. The summed E-state index contributed by atoms with van der Waals surface area (Å²) < 4.78 is 37.8. The van der Waals surface area contributed by atoms with E-state index in [1.165, 1.54) is 6.92 Å². The van der Waals surface area contributed by atoms with Crippen molar-refractivity contribution in [3.05, 3.63) is 0 Å². The van der Waals surface area contributed by atoms with E-state index >= 15 is 0 Å². The van der Waals surface area contributed by atoms with Gasteiger partial charge in [-0.2, -0.15) is 13.2 Å². The molecule has 0 rings (SSSR count). The highest BCUT2D eigenvalue weighted by atomic mass is 19.4. The van der Waals surface area contributed by atoms with Crippen molar-refractivity contribution >= 4 is 11.7 Å². The summed E-state index contributed by atoms with van der Waals surface area (Å²) in [5.74, 6) is -1.06. The van der Waals surface area contributed by atoms with Crippen LogP contribution in [-0.4, -0.2) is 41.1 Å². The summed E-state index contributed by atoms with van der Waals surface area (Å²) in [6.45, 7) is 3.63. The van der Waals surface area contributed by atoms with Crippen LogP contribution in [0.15, 0.2) is 5.16 Å². The Morgan fingerprint density at radius 3 is 1.95 bits per heavy atom. The van der Waals surface area contributed by atoms with E-state index in [1.807, 2.05) is 0 Å². The third-order valence-corrected chi connectivity index (χ3v) is 3.40. The van der Waals surface area contributed by atoms with Gasteiger partial charge in [-0.1, -0.05) is 31.8 Å². The summed E-state index contributed by atoms with van der Waals surface area (Å²) in [7, 11) is 0. The molecule has 0 fully saturated rings. The fraction of sp³-hybridized carbons (Fsp3) is 0.846. The molecular weight excluding hydrogens is 287 g/mol. The van der Waals surface area contributed by atoms with E-state index in [2.05, 4.69) is 5.16 Å². The molecule has 8 heteroatoms. The first-order valence-corrected chi connectivity index (χ1v) is 7.02. The van der Waals surface area contributed by atoms with Crippen molar-refractivity contribution in [3.63, 3.8) is 0 Å². The van der Waals surface area contributed by atoms with Crippen molar-refractivity contribution in [1.82, 2.24) is 4.90 Å². The molecule has 3 N–H and O–H groups in total. The van der Waals surface area contributed by atoms with Gasteiger partial charge in [0, 0.05) is 6.54 Å². The molecule has 0 aliphatic rings. The van der Waals surface area contributed by atoms with E-state index < -0.39 is 24.0 Å². The molecule has 0 aliphatic carbocycles. The second-order valence-corrected chi connectivity index (χ2v) is 5.00. The lowest BCUT2D eigenvalue weighted by Gasteiger charge is -2.36. The number of hydrogen-bond acceptors (Lipinski definition) is 3. The molecule has 0 atom stereocenters. The second-order valence-electron chi connectivity index (χ2n) is 5.00. The Labute approximate surface area is 123 Å². The Bertz CT molecular complexity index is 364. The number of oxime groups is 1. The number of carbonyl (C=O) groups is 1. The van der Waals surface area contributed by atoms with Gasteiger partial charge in [-0.15, -0.1) is 0 Å². The predicted molar refractivity (Wildman–Crippen MR) is 74.0 cm³/mol. The minimum absolute atomic E-state index is 0.0910. The smallest absolute Gasteiger partial charge is 0.406 e. The molecule has 21 heavy (non-hydrogen) atoms. The van der Waals surface area contributed by atoms with Crippen LogP contribution in [0.5, 0.6) is 0 Å². The highest BCUT2D eigenvalue weighted by molar-refractivity contribution is 6.06. The average Bonchev–Trinajstić information content (AvgIpc) is 2.41. The zero-order chi connectivity index (χ0) is 16.7. The molecule has 5 nitrogen and oxygen atoms in total. The highest BCUT2D eigenvalue weighted by Gasteiger charge is 2.45. The van der Waals surface area contributed by atoms with Crippen LogP contribution in [0.1, 0.15) is 46.5 Å². The van der Waals surface area contributed by atoms with E-state index in [0.717, 1.165) is 0 Å². The molecule has 0 radical (unpaired) electrons. The summed E-state index contributed by atoms with van der Waals surface area (Å²) in [6.07, 6.45) is -2.94. The first-order valence-electron chi connectivity index (χ1n) is 7.02. The first kappa shape index (κ1) is 19.5. The lowest BCUT2D eigenvalue weighted by atomic mass is 9.76. The number of alkyl halides is 3. The molecule has 0 heterocycles. The average molecular weight is 311 g/mol. The van der Waals surface area contributed by atoms with Crippen molar-refractivity contribution < 1.29 is 23.2 Å². The number of nitrogens with two attached hydrogens (primary N) is 1. The molecule has 0 saturated carbocycles. The third-order valence-electron chi connectivity index (χ3n) is 3.40.